The molecule has 0 fully saturated rings. The molecule has 5 heteroatoms. The van der Waals surface area contributed by atoms with E-state index in [1.54, 1.807) is 19.3 Å². The number of aromatic amines is 1. The van der Waals surface area contributed by atoms with Crippen LogP contribution in [-0.4, -0.2) is 29.7 Å². The lowest BCUT2D eigenvalue weighted by atomic mass is 10.1. The maximum Gasteiger partial charge on any atom is 0.142 e. The Morgan fingerprint density at radius 1 is 1.53 bits per heavy atom. The van der Waals surface area contributed by atoms with Gasteiger partial charge in [0.2, 0.25) is 0 Å². The Bertz CT molecular complexity index is 591. The van der Waals surface area contributed by atoms with Crippen molar-refractivity contribution in [1.82, 2.24) is 15.5 Å². The summed E-state index contributed by atoms with van der Waals surface area (Å²) in [6, 6.07) is 0. The number of hydrogen-bond acceptors (Lipinski definition) is 4. The topological polar surface area (TPSA) is 70.1 Å². The minimum atomic E-state index is 0.745. The van der Waals surface area contributed by atoms with Crippen molar-refractivity contribution in [2.24, 2.45) is 4.99 Å². The molecule has 0 radical (unpaired) electrons. The number of carbonyl (C=O) groups is 1. The van der Waals surface area contributed by atoms with E-state index in [0.717, 1.165) is 40.9 Å². The lowest BCUT2D eigenvalue weighted by Crippen LogP contribution is -1.98. The van der Waals surface area contributed by atoms with E-state index in [1.165, 1.54) is 6.08 Å². The number of H-pyrrole nitrogens is 1. The molecule has 2 rings (SSSR count). The number of allylic oxidation sites excluding steroid dienone is 5. The number of nitrogens with zero attached hydrogens (tertiary/aromatic N) is 2. The molecule has 0 unspecified atom stereocenters. The number of aldehydes is 1. The second kappa shape index (κ2) is 5.95. The third kappa shape index (κ3) is 2.88. The van der Waals surface area contributed by atoms with Crippen molar-refractivity contribution in [3.8, 4) is 0 Å². The normalized spacial score (nSPS) is 15.1. The van der Waals surface area contributed by atoms with Gasteiger partial charge in [-0.05, 0) is 19.1 Å². The first-order chi connectivity index (χ1) is 9.26. The molecule has 2 heterocycles. The molecule has 2 N–H and O–H groups in total. The Hall–Kier alpha value is -2.43. The molecule has 0 saturated carbocycles. The van der Waals surface area contributed by atoms with Crippen LogP contribution in [0.2, 0.25) is 0 Å². The van der Waals surface area contributed by atoms with Crippen LogP contribution in [0.4, 0.5) is 0 Å². The van der Waals surface area contributed by atoms with E-state index in [2.05, 4.69) is 20.5 Å². The molecular weight excluding hydrogens is 240 g/mol. The van der Waals surface area contributed by atoms with Crippen molar-refractivity contribution < 1.29 is 4.79 Å². The minimum absolute atomic E-state index is 0.745. The van der Waals surface area contributed by atoms with E-state index in [9.17, 15) is 4.79 Å². The SMILES string of the molecule is CN/C=C(\C=C/C=O)c1n[nH]c2c1C=NC(C)=CC2. The highest BCUT2D eigenvalue weighted by Crippen LogP contribution is 2.22. The largest absolute Gasteiger partial charge is 0.393 e. The lowest BCUT2D eigenvalue weighted by Gasteiger charge is -2.00. The van der Waals surface area contributed by atoms with Gasteiger partial charge in [0.05, 0.1) is 0 Å². The Morgan fingerprint density at radius 3 is 3.11 bits per heavy atom. The third-order valence-electron chi connectivity index (χ3n) is 2.81. The summed E-state index contributed by atoms with van der Waals surface area (Å²) in [5, 5.41) is 10.3. The van der Waals surface area contributed by atoms with Gasteiger partial charge in [0.1, 0.15) is 12.0 Å². The van der Waals surface area contributed by atoms with Crippen molar-refractivity contribution in [1.29, 1.82) is 0 Å². The number of rotatable bonds is 4. The zero-order valence-corrected chi connectivity index (χ0v) is 11.0. The van der Waals surface area contributed by atoms with Crippen LogP contribution in [0.25, 0.3) is 5.57 Å². The molecule has 1 aromatic rings. The Labute approximate surface area is 111 Å². The number of hydrogen-bond donors (Lipinski definition) is 2. The van der Waals surface area contributed by atoms with E-state index in [-0.39, 0.29) is 0 Å². The molecule has 0 atom stereocenters. The van der Waals surface area contributed by atoms with Gasteiger partial charge in [-0.15, -0.1) is 0 Å². The van der Waals surface area contributed by atoms with E-state index in [1.807, 2.05) is 19.2 Å². The fourth-order valence-corrected chi connectivity index (χ4v) is 1.86. The highest BCUT2D eigenvalue weighted by Gasteiger charge is 2.14. The minimum Gasteiger partial charge on any atom is -0.393 e. The van der Waals surface area contributed by atoms with Crippen LogP contribution < -0.4 is 5.32 Å². The summed E-state index contributed by atoms with van der Waals surface area (Å²) in [4.78, 5) is 14.8. The predicted molar refractivity (Wildman–Crippen MR) is 75.9 cm³/mol. The molecule has 0 spiro atoms. The Kier molecular flexibility index (Phi) is 4.07. The third-order valence-corrected chi connectivity index (χ3v) is 2.81. The summed E-state index contributed by atoms with van der Waals surface area (Å²) in [7, 11) is 1.81. The molecule has 1 aromatic heterocycles. The predicted octanol–water partition coefficient (Wildman–Crippen LogP) is 1.60. The Balaban J connectivity index is 2.44. The summed E-state index contributed by atoms with van der Waals surface area (Å²) in [5.74, 6) is 0. The maximum atomic E-state index is 10.5. The van der Waals surface area contributed by atoms with Crippen LogP contribution in [0.3, 0.4) is 0 Å². The molecule has 0 bridgehead atoms. The average Bonchev–Trinajstić information content (AvgIpc) is 2.72. The Morgan fingerprint density at radius 2 is 2.37 bits per heavy atom. The highest BCUT2D eigenvalue weighted by molar-refractivity contribution is 5.92. The zero-order chi connectivity index (χ0) is 13.7. The van der Waals surface area contributed by atoms with Crippen molar-refractivity contribution in [3.05, 3.63) is 47.1 Å². The zero-order valence-electron chi connectivity index (χ0n) is 11.0. The van der Waals surface area contributed by atoms with E-state index >= 15 is 0 Å². The van der Waals surface area contributed by atoms with Gasteiger partial charge < -0.3 is 5.32 Å². The highest BCUT2D eigenvalue weighted by atomic mass is 16.1. The number of fused-ring (bicyclic) bond motifs is 1. The standard InChI is InChI=1S/C14H16N4O/c1-10-5-6-13-12(9-16-10)14(18-17-13)11(8-15-2)4-3-7-19/h3-5,7-9,15H,6H2,1-2H3,(H,17,18)/b4-3-,11-8+. The molecule has 0 aliphatic carbocycles. The van der Waals surface area contributed by atoms with E-state index < -0.39 is 0 Å². The molecule has 1 aliphatic heterocycles. The first-order valence-corrected chi connectivity index (χ1v) is 6.04. The van der Waals surface area contributed by atoms with Crippen molar-refractivity contribution in [2.45, 2.75) is 13.3 Å². The van der Waals surface area contributed by atoms with E-state index in [4.69, 9.17) is 0 Å². The number of aromatic nitrogens is 2. The van der Waals surface area contributed by atoms with Gasteiger partial charge in [0.25, 0.3) is 0 Å². The first kappa shape index (κ1) is 13.0. The van der Waals surface area contributed by atoms with Gasteiger partial charge in [0.15, 0.2) is 0 Å². The number of carbonyl (C=O) groups excluding carboxylic acids is 1. The average molecular weight is 256 g/mol. The monoisotopic (exact) mass is 256 g/mol. The van der Waals surface area contributed by atoms with Crippen LogP contribution in [0, 0.1) is 0 Å². The van der Waals surface area contributed by atoms with Crippen LogP contribution in [-0.2, 0) is 11.2 Å². The fourth-order valence-electron chi connectivity index (χ4n) is 1.86. The number of nitrogens with one attached hydrogen (secondary N) is 2. The second-order valence-electron chi connectivity index (χ2n) is 4.16. The van der Waals surface area contributed by atoms with Gasteiger partial charge in [-0.3, -0.25) is 14.9 Å². The van der Waals surface area contributed by atoms with Gasteiger partial charge in [-0.2, -0.15) is 5.10 Å². The summed E-state index contributed by atoms with van der Waals surface area (Å²) in [6.07, 6.45) is 10.3. The van der Waals surface area contributed by atoms with Crippen LogP contribution in [0.15, 0.2) is 35.1 Å². The van der Waals surface area contributed by atoms with Crippen molar-refractivity contribution in [2.75, 3.05) is 7.05 Å². The quantitative estimate of drug-likeness (QED) is 0.488. The van der Waals surface area contributed by atoms with Gasteiger partial charge in [0, 0.05) is 48.4 Å². The summed E-state index contributed by atoms with van der Waals surface area (Å²) in [5.41, 5.74) is 4.59. The smallest absolute Gasteiger partial charge is 0.142 e. The summed E-state index contributed by atoms with van der Waals surface area (Å²) < 4.78 is 0. The van der Waals surface area contributed by atoms with Crippen LogP contribution in [0.1, 0.15) is 23.9 Å². The molecule has 98 valence electrons. The van der Waals surface area contributed by atoms with Crippen LogP contribution in [0.5, 0.6) is 0 Å². The molecular formula is C14H16N4O. The van der Waals surface area contributed by atoms with Crippen molar-refractivity contribution in [3.63, 3.8) is 0 Å². The summed E-state index contributed by atoms with van der Waals surface area (Å²) in [6.45, 7) is 1.96. The lowest BCUT2D eigenvalue weighted by molar-refractivity contribution is -0.104. The van der Waals surface area contributed by atoms with Gasteiger partial charge >= 0.3 is 0 Å². The maximum absolute atomic E-state index is 10.5. The first-order valence-electron chi connectivity index (χ1n) is 6.04. The molecule has 5 nitrogen and oxygen atoms in total. The fraction of sp³-hybridized carbons (Fsp3) is 0.214. The van der Waals surface area contributed by atoms with Crippen LogP contribution >= 0.6 is 0 Å². The van der Waals surface area contributed by atoms with Crippen molar-refractivity contribution >= 4 is 18.1 Å². The molecule has 0 aromatic carbocycles. The van der Waals surface area contributed by atoms with Gasteiger partial charge in [-0.1, -0.05) is 6.08 Å². The molecule has 19 heavy (non-hydrogen) atoms. The van der Waals surface area contributed by atoms with E-state index in [0.29, 0.717) is 0 Å². The van der Waals surface area contributed by atoms with Gasteiger partial charge in [-0.25, -0.2) is 0 Å². The molecule has 0 amide bonds. The molecule has 1 aliphatic rings. The number of aliphatic imine (C=N–C) groups is 1. The summed E-state index contributed by atoms with van der Waals surface area (Å²) >= 11 is 0. The second-order valence-corrected chi connectivity index (χ2v) is 4.16. The molecule has 0 saturated heterocycles.